The molecule has 4 aliphatic heterocycles. The molecule has 51 heavy (non-hydrogen) atoms. The van der Waals surface area contributed by atoms with E-state index in [9.17, 15) is 19.2 Å². The summed E-state index contributed by atoms with van der Waals surface area (Å²) in [5.41, 5.74) is 6.14. The first-order chi connectivity index (χ1) is 24.5. The number of benzene rings is 2. The van der Waals surface area contributed by atoms with Gasteiger partial charge in [0.25, 0.3) is 11.5 Å². The lowest BCUT2D eigenvalue weighted by Gasteiger charge is -2.47. The van der Waals surface area contributed by atoms with Gasteiger partial charge in [0, 0.05) is 70.0 Å². The minimum Gasteiger partial charge on any atom is -0.379 e. The van der Waals surface area contributed by atoms with Crippen molar-refractivity contribution in [2.75, 3.05) is 56.5 Å². The number of likely N-dealkylation sites (tertiary alicyclic amines) is 2. The van der Waals surface area contributed by atoms with E-state index in [0.717, 1.165) is 88.1 Å². The quantitative estimate of drug-likeness (QED) is 0.345. The van der Waals surface area contributed by atoms with Crippen LogP contribution in [-0.4, -0.2) is 89.7 Å². The van der Waals surface area contributed by atoms with Gasteiger partial charge >= 0.3 is 0 Å². The lowest BCUT2D eigenvalue weighted by molar-refractivity contribution is -0.134. The third-order valence-electron chi connectivity index (χ3n) is 11.8. The second-order valence-electron chi connectivity index (χ2n) is 15.2. The summed E-state index contributed by atoms with van der Waals surface area (Å²) >= 11 is 3.43. The molecule has 1 aromatic heterocycles. The van der Waals surface area contributed by atoms with Crippen LogP contribution >= 0.6 is 15.9 Å². The Hall–Kier alpha value is -4.03. The van der Waals surface area contributed by atoms with Crippen LogP contribution in [0.4, 0.5) is 11.4 Å². The van der Waals surface area contributed by atoms with Crippen LogP contribution in [-0.2, 0) is 16.6 Å². The fourth-order valence-corrected chi connectivity index (χ4v) is 9.22. The van der Waals surface area contributed by atoms with Gasteiger partial charge in [-0.3, -0.25) is 24.5 Å². The van der Waals surface area contributed by atoms with E-state index in [-0.39, 0.29) is 40.7 Å². The molecule has 4 saturated heterocycles. The van der Waals surface area contributed by atoms with Crippen LogP contribution in [0.25, 0.3) is 0 Å². The molecule has 11 nitrogen and oxygen atoms in total. The Labute approximate surface area is 307 Å². The average molecular weight is 759 g/mol. The van der Waals surface area contributed by atoms with Crippen LogP contribution in [0.5, 0.6) is 0 Å². The van der Waals surface area contributed by atoms with Crippen molar-refractivity contribution in [3.05, 3.63) is 85.7 Å². The Balaban J connectivity index is 0.912. The van der Waals surface area contributed by atoms with E-state index < -0.39 is 0 Å². The molecule has 0 aliphatic carbocycles. The highest BCUT2D eigenvalue weighted by Gasteiger charge is 2.39. The van der Waals surface area contributed by atoms with Gasteiger partial charge in [-0.15, -0.1) is 0 Å². The molecule has 2 aromatic carbocycles. The number of anilines is 2. The highest BCUT2D eigenvalue weighted by atomic mass is 79.9. The first-order valence-electron chi connectivity index (χ1n) is 18.2. The number of piperidine rings is 4. The summed E-state index contributed by atoms with van der Waals surface area (Å²) in [6.07, 6.45) is 7.83. The normalized spacial score (nSPS) is 24.0. The van der Waals surface area contributed by atoms with Crippen LogP contribution in [0.2, 0.25) is 0 Å². The maximum Gasteiger partial charge on any atom is 0.282 e. The number of imide groups is 1. The van der Waals surface area contributed by atoms with E-state index in [1.807, 2.05) is 17.0 Å². The van der Waals surface area contributed by atoms with Crippen LogP contribution in [0.15, 0.2) is 57.9 Å². The van der Waals surface area contributed by atoms with Crippen molar-refractivity contribution >= 4 is 45.0 Å². The van der Waals surface area contributed by atoms with Crippen LogP contribution in [0.1, 0.15) is 83.8 Å². The molecule has 3 aromatic rings. The lowest BCUT2D eigenvalue weighted by atomic mass is 9.71. The molecular weight excluding hydrogens is 710 g/mol. The molecule has 0 radical (unpaired) electrons. The van der Waals surface area contributed by atoms with Gasteiger partial charge in [0.2, 0.25) is 11.8 Å². The first kappa shape index (κ1) is 35.4. The van der Waals surface area contributed by atoms with Crippen LogP contribution in [0.3, 0.4) is 0 Å². The number of nitrogens with one attached hydrogen (secondary N) is 2. The van der Waals surface area contributed by atoms with E-state index in [2.05, 4.69) is 85.8 Å². The molecule has 3 amide bonds. The second-order valence-corrected chi connectivity index (χ2v) is 16.0. The average Bonchev–Trinajstić information content (AvgIpc) is 3.12. The molecule has 3 unspecified atom stereocenters. The van der Waals surface area contributed by atoms with Crippen LogP contribution in [0, 0.1) is 12.3 Å². The summed E-state index contributed by atoms with van der Waals surface area (Å²) in [6, 6.07) is 14.7. The van der Waals surface area contributed by atoms with E-state index in [1.54, 1.807) is 13.2 Å². The zero-order chi connectivity index (χ0) is 35.9. The molecule has 5 heterocycles. The summed E-state index contributed by atoms with van der Waals surface area (Å²) in [7, 11) is 3.76. The van der Waals surface area contributed by atoms with Crippen molar-refractivity contribution in [2.24, 2.45) is 12.5 Å². The third-order valence-corrected chi connectivity index (χ3v) is 12.6. The molecule has 0 bridgehead atoms. The number of likely N-dealkylation sites (N-methyl/N-ethyl adjacent to an activating group) is 1. The summed E-state index contributed by atoms with van der Waals surface area (Å²) in [4.78, 5) is 56.8. The molecule has 7 rings (SSSR count). The number of halogens is 1. The number of nitrogens with zero attached hydrogens (tertiary/aromatic N) is 5. The SMILES string of the molecule is Cc1cc(C2CCC(=O)NC2=O)ccc1N1CCC2(CCN(C(=O)c3ccc(C4CC(Nc5cnn(C)c(=O)c5Br)CN(C)C4)cc3)CC2)CC1. The Morgan fingerprint density at radius 2 is 1.63 bits per heavy atom. The van der Waals surface area contributed by atoms with E-state index in [0.29, 0.717) is 28.9 Å². The number of aromatic nitrogens is 2. The van der Waals surface area contributed by atoms with Gasteiger partial charge in [0.1, 0.15) is 4.47 Å². The number of carbonyl (C=O) groups is 3. The third kappa shape index (κ3) is 7.48. The summed E-state index contributed by atoms with van der Waals surface area (Å²) in [6.45, 7) is 7.45. The molecule has 1 spiro atoms. The van der Waals surface area contributed by atoms with Gasteiger partial charge in [-0.1, -0.05) is 24.3 Å². The Morgan fingerprint density at radius 3 is 2.31 bits per heavy atom. The minimum absolute atomic E-state index is 0.115. The molecule has 4 aliphatic rings. The topological polar surface area (TPSA) is 120 Å². The highest BCUT2D eigenvalue weighted by molar-refractivity contribution is 9.10. The van der Waals surface area contributed by atoms with E-state index >= 15 is 0 Å². The van der Waals surface area contributed by atoms with Gasteiger partial charge in [-0.2, -0.15) is 5.10 Å². The molecule has 12 heteroatoms. The first-order valence-corrected chi connectivity index (χ1v) is 19.0. The second kappa shape index (κ2) is 14.5. The Kier molecular flexibility index (Phi) is 10.1. The maximum absolute atomic E-state index is 13.6. The van der Waals surface area contributed by atoms with Gasteiger partial charge < -0.3 is 20.0 Å². The largest absolute Gasteiger partial charge is 0.379 e. The summed E-state index contributed by atoms with van der Waals surface area (Å²) in [5, 5.41) is 10.2. The molecular formula is C39H48BrN7O4. The summed E-state index contributed by atoms with van der Waals surface area (Å²) in [5.74, 6) is -0.223. The molecule has 2 N–H and O–H groups in total. The fraction of sp³-hybridized carbons (Fsp3) is 0.513. The number of aryl methyl sites for hydroxylation is 2. The summed E-state index contributed by atoms with van der Waals surface area (Å²) < 4.78 is 1.81. The predicted molar refractivity (Wildman–Crippen MR) is 201 cm³/mol. The van der Waals surface area contributed by atoms with Gasteiger partial charge in [-0.25, -0.2) is 4.68 Å². The molecule has 4 fully saturated rings. The standard InChI is InChI=1S/C39H48BrN7O4/c1-25-20-28(31-9-11-34(48)43-36(31)49)8-10-33(25)46-16-12-39(13-17-46)14-18-47(19-15-39)37(50)27-6-4-26(5-7-27)29-21-30(24-44(2)23-29)42-32-22-41-45(3)38(51)35(32)40/h4-8,10,20,22,29-31,42H,9,11-19,21,23-24H2,1-3H3,(H,43,48,49). The minimum atomic E-state index is -0.263. The van der Waals surface area contributed by atoms with Crippen molar-refractivity contribution in [2.45, 2.75) is 69.7 Å². The van der Waals surface area contributed by atoms with Crippen molar-refractivity contribution in [3.63, 3.8) is 0 Å². The van der Waals surface area contributed by atoms with Crippen molar-refractivity contribution < 1.29 is 14.4 Å². The van der Waals surface area contributed by atoms with Gasteiger partial charge in [0.15, 0.2) is 0 Å². The lowest BCUT2D eigenvalue weighted by Crippen LogP contribution is -2.48. The molecule has 3 atom stereocenters. The van der Waals surface area contributed by atoms with Crippen molar-refractivity contribution in [1.29, 1.82) is 0 Å². The monoisotopic (exact) mass is 757 g/mol. The highest BCUT2D eigenvalue weighted by Crippen LogP contribution is 2.43. The van der Waals surface area contributed by atoms with Crippen LogP contribution < -0.4 is 21.1 Å². The Morgan fingerprint density at radius 1 is 0.941 bits per heavy atom. The fourth-order valence-electron chi connectivity index (χ4n) is 8.75. The number of hydrogen-bond acceptors (Lipinski definition) is 8. The smallest absolute Gasteiger partial charge is 0.282 e. The molecule has 0 saturated carbocycles. The van der Waals surface area contributed by atoms with E-state index in [4.69, 9.17) is 0 Å². The molecule has 270 valence electrons. The van der Waals surface area contributed by atoms with Crippen molar-refractivity contribution in [3.8, 4) is 0 Å². The zero-order valence-electron chi connectivity index (χ0n) is 29.8. The van der Waals surface area contributed by atoms with Crippen molar-refractivity contribution in [1.82, 2.24) is 24.9 Å². The van der Waals surface area contributed by atoms with Gasteiger partial charge in [0.05, 0.1) is 17.8 Å². The maximum atomic E-state index is 13.6. The predicted octanol–water partition coefficient (Wildman–Crippen LogP) is 4.79. The number of amides is 3. The number of carbonyl (C=O) groups excluding carboxylic acids is 3. The zero-order valence-corrected chi connectivity index (χ0v) is 31.4. The Bertz CT molecular complexity index is 1860. The van der Waals surface area contributed by atoms with E-state index in [1.165, 1.54) is 15.9 Å². The number of hydrogen-bond donors (Lipinski definition) is 2. The van der Waals surface area contributed by atoms with Gasteiger partial charge in [-0.05, 0) is 115 Å². The number of rotatable bonds is 6.